The van der Waals surface area contributed by atoms with Gasteiger partial charge >= 0.3 is 5.97 Å². The first-order valence-electron chi connectivity index (χ1n) is 9.76. The Bertz CT molecular complexity index is 1080. The first-order valence-corrected chi connectivity index (χ1v) is 10.5. The lowest BCUT2D eigenvalue weighted by atomic mass is 9.96. The molecular formula is C21H22Cl2N4O3. The van der Waals surface area contributed by atoms with E-state index in [1.807, 2.05) is 6.07 Å². The van der Waals surface area contributed by atoms with E-state index in [9.17, 15) is 15.0 Å². The summed E-state index contributed by atoms with van der Waals surface area (Å²) in [6.45, 7) is 3.16. The minimum absolute atomic E-state index is 0.0930. The van der Waals surface area contributed by atoms with Gasteiger partial charge in [-0.3, -0.25) is 4.90 Å². The summed E-state index contributed by atoms with van der Waals surface area (Å²) in [6, 6.07) is 8.36. The number of carboxylic acids is 1. The zero-order chi connectivity index (χ0) is 21.3. The van der Waals surface area contributed by atoms with E-state index in [1.165, 1.54) is 6.07 Å². The monoisotopic (exact) mass is 448 g/mol. The van der Waals surface area contributed by atoms with Gasteiger partial charge in [-0.15, -0.1) is 0 Å². The van der Waals surface area contributed by atoms with Gasteiger partial charge in [-0.05, 0) is 56.1 Å². The van der Waals surface area contributed by atoms with E-state index < -0.39 is 5.97 Å². The van der Waals surface area contributed by atoms with Gasteiger partial charge in [0.2, 0.25) is 5.95 Å². The summed E-state index contributed by atoms with van der Waals surface area (Å²) < 4.78 is 0. The lowest BCUT2D eigenvalue weighted by Crippen LogP contribution is -2.35. The first kappa shape index (κ1) is 20.8. The number of hydrogen-bond acceptors (Lipinski definition) is 5. The Hall–Kier alpha value is -2.48. The fourth-order valence-corrected chi connectivity index (χ4v) is 4.39. The first-order chi connectivity index (χ1) is 14.4. The number of carboxylic acid groups (broad SMARTS) is 1. The zero-order valence-corrected chi connectivity index (χ0v) is 17.7. The highest BCUT2D eigenvalue weighted by atomic mass is 35.5. The smallest absolute Gasteiger partial charge is 0.337 e. The van der Waals surface area contributed by atoms with Gasteiger partial charge in [-0.1, -0.05) is 29.3 Å². The van der Waals surface area contributed by atoms with Crippen molar-refractivity contribution >= 4 is 46.2 Å². The molecule has 1 aromatic heterocycles. The predicted molar refractivity (Wildman–Crippen MR) is 118 cm³/mol. The molecule has 9 heteroatoms. The maximum Gasteiger partial charge on any atom is 0.337 e. The third kappa shape index (κ3) is 4.48. The normalized spacial score (nSPS) is 15.5. The second kappa shape index (κ2) is 8.71. The number of benzene rings is 2. The van der Waals surface area contributed by atoms with Crippen molar-refractivity contribution in [1.82, 2.24) is 14.9 Å². The Morgan fingerprint density at radius 3 is 2.77 bits per heavy atom. The van der Waals surface area contributed by atoms with Gasteiger partial charge in [0.15, 0.2) is 0 Å². The number of phenols is 1. The molecule has 0 aliphatic carbocycles. The van der Waals surface area contributed by atoms with E-state index in [-0.39, 0.29) is 16.3 Å². The maximum absolute atomic E-state index is 11.3. The van der Waals surface area contributed by atoms with Crippen LogP contribution >= 0.6 is 23.2 Å². The minimum atomic E-state index is -0.988. The molecule has 1 saturated heterocycles. The number of piperidine rings is 1. The fraction of sp³-hybridized carbons (Fsp3) is 0.333. The fourth-order valence-electron chi connectivity index (χ4n) is 3.86. The molecule has 4 rings (SSSR count). The second-order valence-electron chi connectivity index (χ2n) is 7.59. The summed E-state index contributed by atoms with van der Waals surface area (Å²) in [5.74, 6) is 0.165. The van der Waals surface area contributed by atoms with Gasteiger partial charge in [0.1, 0.15) is 11.3 Å². The molecule has 0 spiro atoms. The molecule has 2 heterocycles. The number of nitrogens with one attached hydrogen (secondary N) is 2. The van der Waals surface area contributed by atoms with E-state index in [1.54, 1.807) is 18.2 Å². The second-order valence-corrected chi connectivity index (χ2v) is 8.43. The molecule has 0 radical (unpaired) electrons. The molecule has 0 amide bonds. The van der Waals surface area contributed by atoms with Crippen LogP contribution in [0.15, 0.2) is 30.3 Å². The molecule has 0 unspecified atom stereocenters. The van der Waals surface area contributed by atoms with E-state index in [4.69, 9.17) is 23.2 Å². The number of rotatable bonds is 6. The summed E-state index contributed by atoms with van der Waals surface area (Å²) in [5.41, 5.74) is 2.09. The van der Waals surface area contributed by atoms with Crippen LogP contribution in [-0.4, -0.2) is 50.7 Å². The number of likely N-dealkylation sites (tertiary alicyclic amines) is 1. The molecule has 1 fully saturated rings. The Morgan fingerprint density at radius 2 is 2.03 bits per heavy atom. The number of halogens is 2. The summed E-state index contributed by atoms with van der Waals surface area (Å²) in [5, 5.41) is 23.5. The molecule has 4 N–H and O–H groups in total. The topological polar surface area (TPSA) is 101 Å². The molecule has 7 nitrogen and oxygen atoms in total. The maximum atomic E-state index is 11.3. The van der Waals surface area contributed by atoms with E-state index >= 15 is 0 Å². The van der Waals surface area contributed by atoms with Gasteiger partial charge in [0.25, 0.3) is 0 Å². The van der Waals surface area contributed by atoms with Crippen LogP contribution in [0.5, 0.6) is 5.75 Å². The van der Waals surface area contributed by atoms with E-state index in [0.717, 1.165) is 38.0 Å². The van der Waals surface area contributed by atoms with Crippen LogP contribution in [0, 0.1) is 5.92 Å². The van der Waals surface area contributed by atoms with Crippen molar-refractivity contribution < 1.29 is 15.0 Å². The van der Waals surface area contributed by atoms with Crippen LogP contribution in [0.3, 0.4) is 0 Å². The Labute approximate surface area is 183 Å². The average Bonchev–Trinajstić information content (AvgIpc) is 3.14. The lowest BCUT2D eigenvalue weighted by molar-refractivity contribution is 0.0699. The number of aromatic hydroxyl groups is 1. The average molecular weight is 449 g/mol. The molecule has 158 valence electrons. The third-order valence-corrected chi connectivity index (χ3v) is 6.02. The van der Waals surface area contributed by atoms with Crippen LogP contribution in [0.1, 0.15) is 28.8 Å². The van der Waals surface area contributed by atoms with Crippen molar-refractivity contribution in [2.75, 3.05) is 25.0 Å². The van der Waals surface area contributed by atoms with E-state index in [2.05, 4.69) is 20.2 Å². The summed E-state index contributed by atoms with van der Waals surface area (Å²) in [4.78, 5) is 21.2. The summed E-state index contributed by atoms with van der Waals surface area (Å²) in [6.07, 6.45) is 2.01. The van der Waals surface area contributed by atoms with Crippen LogP contribution in [-0.2, 0) is 6.54 Å². The van der Waals surface area contributed by atoms with Crippen molar-refractivity contribution in [3.63, 3.8) is 0 Å². The van der Waals surface area contributed by atoms with E-state index in [0.29, 0.717) is 34.5 Å². The molecular weight excluding hydrogens is 427 g/mol. The number of para-hydroxylation sites is 1. The number of nitrogens with zero attached hydrogens (tertiary/aromatic N) is 2. The molecule has 0 bridgehead atoms. The Morgan fingerprint density at radius 1 is 1.27 bits per heavy atom. The number of fused-ring (bicyclic) bond motifs is 1. The molecule has 1 aliphatic rings. The number of aromatic carboxylic acids is 1. The standard InChI is InChI=1S/C21H22Cl2N4O3/c22-14-8-13(19(28)16(23)9-14)11-27-6-4-12(5-7-27)10-24-21-25-17-3-1-2-15(20(29)30)18(17)26-21/h1-3,8-9,12,28H,4-7,10-11H2,(H,29,30)(H2,24,25,26). The number of H-pyrrole nitrogens is 1. The van der Waals surface area contributed by atoms with Crippen LogP contribution in [0.2, 0.25) is 10.0 Å². The summed E-state index contributed by atoms with van der Waals surface area (Å²) in [7, 11) is 0. The highest BCUT2D eigenvalue weighted by molar-refractivity contribution is 6.35. The lowest BCUT2D eigenvalue weighted by Gasteiger charge is -2.32. The zero-order valence-electron chi connectivity index (χ0n) is 16.2. The predicted octanol–water partition coefficient (Wildman–Crippen LogP) is 4.60. The van der Waals surface area contributed by atoms with Gasteiger partial charge in [-0.2, -0.15) is 0 Å². The van der Waals surface area contributed by atoms with Gasteiger partial charge in [-0.25, -0.2) is 9.78 Å². The van der Waals surface area contributed by atoms with Crippen LogP contribution in [0.25, 0.3) is 11.0 Å². The molecule has 3 aromatic rings. The molecule has 0 atom stereocenters. The molecule has 2 aromatic carbocycles. The minimum Gasteiger partial charge on any atom is -0.506 e. The van der Waals surface area contributed by atoms with Crippen molar-refractivity contribution in [1.29, 1.82) is 0 Å². The van der Waals surface area contributed by atoms with Crippen molar-refractivity contribution in [2.24, 2.45) is 5.92 Å². The van der Waals surface area contributed by atoms with Gasteiger partial charge < -0.3 is 20.5 Å². The number of aromatic nitrogens is 2. The highest BCUT2D eigenvalue weighted by Crippen LogP contribution is 2.32. The van der Waals surface area contributed by atoms with Crippen LogP contribution in [0.4, 0.5) is 5.95 Å². The van der Waals surface area contributed by atoms with Crippen molar-refractivity contribution in [3.05, 3.63) is 51.5 Å². The number of phenolic OH excluding ortho intramolecular Hbond substituents is 1. The van der Waals surface area contributed by atoms with Crippen LogP contribution < -0.4 is 5.32 Å². The number of carbonyl (C=O) groups is 1. The van der Waals surface area contributed by atoms with Crippen molar-refractivity contribution in [3.8, 4) is 5.75 Å². The third-order valence-electron chi connectivity index (χ3n) is 5.51. The Kier molecular flexibility index (Phi) is 6.04. The highest BCUT2D eigenvalue weighted by Gasteiger charge is 2.21. The molecule has 0 saturated carbocycles. The summed E-state index contributed by atoms with van der Waals surface area (Å²) >= 11 is 12.1. The van der Waals surface area contributed by atoms with Gasteiger partial charge in [0, 0.05) is 23.7 Å². The molecule has 30 heavy (non-hydrogen) atoms. The Balaban J connectivity index is 1.32. The quantitative estimate of drug-likeness (QED) is 0.439. The largest absolute Gasteiger partial charge is 0.506 e. The number of imidazole rings is 1. The number of aromatic amines is 1. The SMILES string of the molecule is O=C(O)c1cccc2[nH]c(NCC3CCN(Cc4cc(Cl)cc(Cl)c4O)CC3)nc12. The number of hydrogen-bond donors (Lipinski definition) is 4. The molecule has 1 aliphatic heterocycles. The van der Waals surface area contributed by atoms with Crippen molar-refractivity contribution in [2.45, 2.75) is 19.4 Å². The van der Waals surface area contributed by atoms with Gasteiger partial charge in [0.05, 0.1) is 16.1 Å². The number of anilines is 1.